The third kappa shape index (κ3) is 4.30. The van der Waals surface area contributed by atoms with Crippen LogP contribution in [-0.2, 0) is 4.74 Å². The van der Waals surface area contributed by atoms with Crippen molar-refractivity contribution in [3.05, 3.63) is 35.7 Å². The number of hydrogen-bond donors (Lipinski definition) is 1. The van der Waals surface area contributed by atoms with Crippen LogP contribution in [0.5, 0.6) is 0 Å². The van der Waals surface area contributed by atoms with E-state index in [0.717, 1.165) is 10.8 Å². The summed E-state index contributed by atoms with van der Waals surface area (Å²) in [5, 5.41) is 18.7. The maximum Gasteiger partial charge on any atom is 0.195 e. The molecule has 1 N–H and O–H groups in total. The second-order valence-electron chi connectivity index (χ2n) is 4.90. The molecule has 0 unspecified atom stereocenters. The van der Waals surface area contributed by atoms with Gasteiger partial charge in [-0.15, -0.1) is 10.2 Å². The molecule has 1 heterocycles. The molecule has 2 rings (SSSR count). The minimum atomic E-state index is -0.501. The number of nitrogens with zero attached hydrogens (tertiary/aromatic N) is 3. The largest absolute Gasteiger partial charge is 0.390 e. The van der Waals surface area contributed by atoms with Crippen molar-refractivity contribution in [3.63, 3.8) is 0 Å². The van der Waals surface area contributed by atoms with Gasteiger partial charge in [-0.05, 0) is 32.4 Å². The molecule has 0 radical (unpaired) electrons. The quantitative estimate of drug-likeness (QED) is 0.796. The van der Waals surface area contributed by atoms with Crippen LogP contribution in [0.25, 0.3) is 5.69 Å². The van der Waals surface area contributed by atoms with Crippen molar-refractivity contribution < 1.29 is 9.84 Å². The molecule has 0 aliphatic carbocycles. The topological polar surface area (TPSA) is 60.2 Å². The van der Waals surface area contributed by atoms with Crippen LogP contribution in [0.4, 0.5) is 0 Å². The zero-order chi connectivity index (χ0) is 15.2. The first kappa shape index (κ1) is 16.0. The van der Waals surface area contributed by atoms with Gasteiger partial charge in [-0.25, -0.2) is 0 Å². The minimum absolute atomic E-state index is 0.348. The molecule has 0 aliphatic heterocycles. The van der Waals surface area contributed by atoms with Crippen molar-refractivity contribution in [2.45, 2.75) is 32.0 Å². The van der Waals surface area contributed by atoms with E-state index in [0.29, 0.717) is 19.0 Å². The molecule has 21 heavy (non-hydrogen) atoms. The van der Waals surface area contributed by atoms with Crippen molar-refractivity contribution in [3.8, 4) is 5.69 Å². The van der Waals surface area contributed by atoms with E-state index in [9.17, 15) is 5.11 Å². The van der Waals surface area contributed by atoms with Gasteiger partial charge >= 0.3 is 0 Å². The van der Waals surface area contributed by atoms with Crippen molar-refractivity contribution in [1.82, 2.24) is 14.8 Å². The Morgan fingerprint density at radius 2 is 2.19 bits per heavy atom. The van der Waals surface area contributed by atoms with E-state index < -0.39 is 6.10 Å². The smallest absolute Gasteiger partial charge is 0.195 e. The number of aromatic nitrogens is 3. The van der Waals surface area contributed by atoms with Crippen LogP contribution < -0.4 is 0 Å². The monoisotopic (exact) mass is 307 g/mol. The minimum Gasteiger partial charge on any atom is -0.390 e. The van der Waals surface area contributed by atoms with Crippen LogP contribution in [0.2, 0.25) is 0 Å². The van der Waals surface area contributed by atoms with Gasteiger partial charge in [-0.1, -0.05) is 29.5 Å². The van der Waals surface area contributed by atoms with Gasteiger partial charge in [0.15, 0.2) is 5.16 Å². The second-order valence-corrected chi connectivity index (χ2v) is 5.88. The molecule has 0 amide bonds. The molecule has 1 atom stereocenters. The third-order valence-electron chi connectivity index (χ3n) is 3.05. The summed E-state index contributed by atoms with van der Waals surface area (Å²) in [6.45, 7) is 7.02. The maximum atomic E-state index is 9.83. The first-order chi connectivity index (χ1) is 10.1. The molecule has 114 valence electrons. The Bertz CT molecular complexity index is 586. The summed E-state index contributed by atoms with van der Waals surface area (Å²) in [7, 11) is 0. The van der Waals surface area contributed by atoms with Crippen molar-refractivity contribution in [2.24, 2.45) is 0 Å². The number of benzene rings is 1. The predicted octanol–water partition coefficient (Wildman–Crippen LogP) is 2.37. The molecular weight excluding hydrogens is 286 g/mol. The van der Waals surface area contributed by atoms with E-state index in [1.807, 2.05) is 11.5 Å². The number of ether oxygens (including phenoxy) is 1. The van der Waals surface area contributed by atoms with Crippen LogP contribution >= 0.6 is 11.8 Å². The molecule has 5 nitrogen and oxygen atoms in total. The maximum absolute atomic E-state index is 9.83. The first-order valence-corrected chi connectivity index (χ1v) is 7.96. The fourth-order valence-corrected chi connectivity index (χ4v) is 2.86. The number of rotatable bonds is 7. The fraction of sp³-hybridized carbons (Fsp3) is 0.467. The Kier molecular flexibility index (Phi) is 5.78. The molecule has 1 aromatic carbocycles. The average molecular weight is 307 g/mol. The van der Waals surface area contributed by atoms with Gasteiger partial charge in [0.05, 0.1) is 18.4 Å². The Hall–Kier alpha value is -1.37. The Labute approximate surface area is 129 Å². The second kappa shape index (κ2) is 7.59. The fourth-order valence-electron chi connectivity index (χ4n) is 2.04. The summed E-state index contributed by atoms with van der Waals surface area (Å²) in [6, 6.07) is 6.27. The molecule has 0 bridgehead atoms. The number of thioether (sulfide) groups is 1. The van der Waals surface area contributed by atoms with E-state index in [-0.39, 0.29) is 0 Å². The van der Waals surface area contributed by atoms with Gasteiger partial charge in [0.2, 0.25) is 0 Å². The number of aliphatic hydroxyl groups is 1. The van der Waals surface area contributed by atoms with Gasteiger partial charge in [0.1, 0.15) is 6.33 Å². The zero-order valence-electron chi connectivity index (χ0n) is 12.6. The van der Waals surface area contributed by atoms with E-state index in [1.165, 1.54) is 22.9 Å². The summed E-state index contributed by atoms with van der Waals surface area (Å²) >= 11 is 1.48. The molecule has 1 aromatic heterocycles. The van der Waals surface area contributed by atoms with Gasteiger partial charge in [-0.3, -0.25) is 4.57 Å². The molecule has 6 heteroatoms. The lowest BCUT2D eigenvalue weighted by Crippen LogP contribution is -2.18. The molecule has 0 saturated heterocycles. The highest BCUT2D eigenvalue weighted by molar-refractivity contribution is 7.99. The van der Waals surface area contributed by atoms with Gasteiger partial charge in [0.25, 0.3) is 0 Å². The van der Waals surface area contributed by atoms with Gasteiger partial charge in [0, 0.05) is 12.4 Å². The first-order valence-electron chi connectivity index (χ1n) is 6.98. The highest BCUT2D eigenvalue weighted by Gasteiger charge is 2.12. The van der Waals surface area contributed by atoms with Gasteiger partial charge in [-0.2, -0.15) is 0 Å². The lowest BCUT2D eigenvalue weighted by atomic mass is 10.1. The van der Waals surface area contributed by atoms with E-state index in [4.69, 9.17) is 4.74 Å². The Balaban J connectivity index is 2.08. The summed E-state index contributed by atoms with van der Waals surface area (Å²) in [6.07, 6.45) is 1.20. The summed E-state index contributed by atoms with van der Waals surface area (Å²) in [4.78, 5) is 0. The Morgan fingerprint density at radius 3 is 2.90 bits per heavy atom. The van der Waals surface area contributed by atoms with Crippen LogP contribution in [0.15, 0.2) is 29.7 Å². The number of aryl methyl sites for hydroxylation is 2. The zero-order valence-corrected chi connectivity index (χ0v) is 13.4. The lowest BCUT2D eigenvalue weighted by Gasteiger charge is -2.12. The lowest BCUT2D eigenvalue weighted by molar-refractivity contribution is 0.0551. The van der Waals surface area contributed by atoms with Crippen LogP contribution in [-0.4, -0.2) is 44.9 Å². The third-order valence-corrected chi connectivity index (χ3v) is 4.14. The summed E-state index contributed by atoms with van der Waals surface area (Å²) in [5.74, 6) is 0.531. The van der Waals surface area contributed by atoms with Gasteiger partial charge < -0.3 is 9.84 Å². The molecule has 0 spiro atoms. The standard InChI is InChI=1S/C15H21N3O2S/c1-4-20-8-13(19)9-21-15-17-16-10-18(15)14-6-5-11(2)7-12(14)3/h5-7,10,13,19H,4,8-9H2,1-3H3/t13-/m0/s1. The number of hydrogen-bond acceptors (Lipinski definition) is 5. The van der Waals surface area contributed by atoms with Crippen molar-refractivity contribution >= 4 is 11.8 Å². The normalized spacial score (nSPS) is 12.6. The molecule has 0 aliphatic rings. The van der Waals surface area contributed by atoms with Crippen LogP contribution in [0.1, 0.15) is 18.1 Å². The average Bonchev–Trinajstić information content (AvgIpc) is 2.91. The van der Waals surface area contributed by atoms with E-state index in [2.05, 4.69) is 42.2 Å². The van der Waals surface area contributed by atoms with Crippen molar-refractivity contribution in [1.29, 1.82) is 0 Å². The SMILES string of the molecule is CCOC[C@H](O)CSc1nncn1-c1ccc(C)cc1C. The summed E-state index contributed by atoms with van der Waals surface area (Å²) in [5.41, 5.74) is 3.46. The molecule has 0 saturated carbocycles. The summed E-state index contributed by atoms with van der Waals surface area (Å²) < 4.78 is 7.16. The van der Waals surface area contributed by atoms with Crippen LogP contribution in [0.3, 0.4) is 0 Å². The number of aliphatic hydroxyl groups excluding tert-OH is 1. The predicted molar refractivity (Wildman–Crippen MR) is 84.1 cm³/mol. The van der Waals surface area contributed by atoms with Crippen molar-refractivity contribution in [2.75, 3.05) is 19.0 Å². The molecular formula is C15H21N3O2S. The highest BCUT2D eigenvalue weighted by Crippen LogP contribution is 2.23. The van der Waals surface area contributed by atoms with Crippen LogP contribution in [0, 0.1) is 13.8 Å². The highest BCUT2D eigenvalue weighted by atomic mass is 32.2. The Morgan fingerprint density at radius 1 is 1.38 bits per heavy atom. The molecule has 0 fully saturated rings. The molecule has 2 aromatic rings. The van der Waals surface area contributed by atoms with E-state index in [1.54, 1.807) is 6.33 Å². The van der Waals surface area contributed by atoms with E-state index >= 15 is 0 Å².